The predicted octanol–water partition coefficient (Wildman–Crippen LogP) is 2.67. The lowest BCUT2D eigenvalue weighted by Crippen LogP contribution is -2.37. The molecule has 1 aliphatic rings. The molecule has 0 aromatic heterocycles. The predicted molar refractivity (Wildman–Crippen MR) is 100 cm³/mol. The Bertz CT molecular complexity index is 964. The molecule has 0 saturated carbocycles. The molecular formula is C19H19N3O3S. The van der Waals surface area contributed by atoms with Crippen LogP contribution in [-0.4, -0.2) is 26.6 Å². The summed E-state index contributed by atoms with van der Waals surface area (Å²) in [4.78, 5) is 12.1. The van der Waals surface area contributed by atoms with Crippen molar-refractivity contribution in [1.82, 2.24) is 0 Å². The fourth-order valence-electron chi connectivity index (χ4n) is 3.01. The molecule has 2 aromatic carbocycles. The lowest BCUT2D eigenvalue weighted by atomic mass is 10.0. The van der Waals surface area contributed by atoms with Crippen molar-refractivity contribution >= 4 is 27.3 Å². The first-order valence-corrected chi connectivity index (χ1v) is 9.99. The second kappa shape index (κ2) is 7.58. The first-order valence-electron chi connectivity index (χ1n) is 8.38. The van der Waals surface area contributed by atoms with Crippen LogP contribution >= 0.6 is 0 Å². The number of para-hydroxylation sites is 1. The number of nitriles is 1. The summed E-state index contributed by atoms with van der Waals surface area (Å²) in [5.41, 5.74) is 2.64. The molecule has 7 heteroatoms. The number of rotatable bonds is 5. The Morgan fingerprint density at radius 3 is 2.81 bits per heavy atom. The quantitative estimate of drug-likeness (QED) is 0.877. The number of sulfonamides is 1. The average molecular weight is 369 g/mol. The van der Waals surface area contributed by atoms with Crippen molar-refractivity contribution < 1.29 is 13.2 Å². The zero-order valence-electron chi connectivity index (χ0n) is 14.2. The van der Waals surface area contributed by atoms with E-state index >= 15 is 0 Å². The van der Waals surface area contributed by atoms with Crippen LogP contribution in [0.25, 0.3) is 0 Å². The number of anilines is 2. The van der Waals surface area contributed by atoms with E-state index in [0.29, 0.717) is 23.5 Å². The Balaban J connectivity index is 1.65. The summed E-state index contributed by atoms with van der Waals surface area (Å²) < 4.78 is 26.8. The van der Waals surface area contributed by atoms with Gasteiger partial charge in [0.2, 0.25) is 15.9 Å². The van der Waals surface area contributed by atoms with Crippen LogP contribution in [0, 0.1) is 11.3 Å². The fourth-order valence-corrected chi connectivity index (χ4v) is 4.56. The van der Waals surface area contributed by atoms with E-state index in [9.17, 15) is 13.2 Å². The van der Waals surface area contributed by atoms with Crippen LogP contribution in [0.3, 0.4) is 0 Å². The fraction of sp³-hybridized carbons (Fsp3) is 0.263. The molecule has 1 heterocycles. The van der Waals surface area contributed by atoms with Crippen molar-refractivity contribution in [3.63, 3.8) is 0 Å². The lowest BCUT2D eigenvalue weighted by molar-refractivity contribution is -0.115. The highest BCUT2D eigenvalue weighted by molar-refractivity contribution is 7.92. The van der Waals surface area contributed by atoms with Crippen LogP contribution in [0.5, 0.6) is 0 Å². The van der Waals surface area contributed by atoms with Crippen LogP contribution in [0.2, 0.25) is 0 Å². The molecule has 3 rings (SSSR count). The smallest absolute Gasteiger partial charge is 0.235 e. The van der Waals surface area contributed by atoms with E-state index in [4.69, 9.17) is 5.26 Å². The molecule has 6 nitrogen and oxygen atoms in total. The Hall–Kier alpha value is -2.85. The van der Waals surface area contributed by atoms with Gasteiger partial charge in [-0.15, -0.1) is 0 Å². The summed E-state index contributed by atoms with van der Waals surface area (Å²) >= 11 is 0. The van der Waals surface area contributed by atoms with Gasteiger partial charge in [-0.25, -0.2) is 8.42 Å². The van der Waals surface area contributed by atoms with Gasteiger partial charge < -0.3 is 5.32 Å². The number of nitrogens with one attached hydrogen (secondary N) is 1. The van der Waals surface area contributed by atoms with Gasteiger partial charge in [0.1, 0.15) is 0 Å². The standard InChI is InChI=1S/C19H19N3O3S/c20-14-15-5-3-8-17(13-15)21-19(23)10-12-26(24,25)22-11-4-7-16-6-1-2-9-18(16)22/h1-3,5-6,8-9,13H,4,7,10-12H2,(H,21,23). The highest BCUT2D eigenvalue weighted by atomic mass is 32.2. The minimum atomic E-state index is -3.58. The number of carbonyl (C=O) groups is 1. The number of amides is 1. The van der Waals surface area contributed by atoms with E-state index in [-0.39, 0.29) is 12.2 Å². The second-order valence-electron chi connectivity index (χ2n) is 6.11. The van der Waals surface area contributed by atoms with Crippen molar-refractivity contribution in [1.29, 1.82) is 5.26 Å². The molecule has 0 atom stereocenters. The molecule has 0 bridgehead atoms. The van der Waals surface area contributed by atoms with Crippen molar-refractivity contribution in [2.45, 2.75) is 19.3 Å². The van der Waals surface area contributed by atoms with Crippen LogP contribution in [0.4, 0.5) is 11.4 Å². The number of nitrogens with zero attached hydrogens (tertiary/aromatic N) is 2. The second-order valence-corrected chi connectivity index (χ2v) is 8.12. The van der Waals surface area contributed by atoms with Crippen LogP contribution < -0.4 is 9.62 Å². The summed E-state index contributed by atoms with van der Waals surface area (Å²) in [5, 5.41) is 11.5. The maximum absolute atomic E-state index is 12.7. The van der Waals surface area contributed by atoms with Crippen molar-refractivity contribution in [2.24, 2.45) is 0 Å². The molecule has 1 aliphatic heterocycles. The molecule has 26 heavy (non-hydrogen) atoms. The summed E-state index contributed by atoms with van der Waals surface area (Å²) in [6.07, 6.45) is 1.49. The van der Waals surface area contributed by atoms with Gasteiger partial charge >= 0.3 is 0 Å². The van der Waals surface area contributed by atoms with Gasteiger partial charge in [-0.3, -0.25) is 9.10 Å². The van der Waals surface area contributed by atoms with Gasteiger partial charge in [-0.2, -0.15) is 5.26 Å². The van der Waals surface area contributed by atoms with Crippen LogP contribution in [0.1, 0.15) is 24.0 Å². The molecule has 134 valence electrons. The number of hydrogen-bond acceptors (Lipinski definition) is 4. The van der Waals surface area contributed by atoms with Gasteiger partial charge in [0.25, 0.3) is 0 Å². The van der Waals surface area contributed by atoms with E-state index in [1.165, 1.54) is 4.31 Å². The van der Waals surface area contributed by atoms with Gasteiger partial charge in [0, 0.05) is 18.7 Å². The zero-order chi connectivity index (χ0) is 18.6. The zero-order valence-corrected chi connectivity index (χ0v) is 15.0. The molecule has 2 aromatic rings. The van der Waals surface area contributed by atoms with Gasteiger partial charge in [0.05, 0.1) is 23.1 Å². The topological polar surface area (TPSA) is 90.3 Å². The maximum atomic E-state index is 12.7. The lowest BCUT2D eigenvalue weighted by Gasteiger charge is -2.30. The monoisotopic (exact) mass is 369 g/mol. The van der Waals surface area contributed by atoms with Crippen molar-refractivity contribution in [3.8, 4) is 6.07 Å². The highest BCUT2D eigenvalue weighted by Crippen LogP contribution is 2.29. The van der Waals surface area contributed by atoms with Gasteiger partial charge in [-0.1, -0.05) is 24.3 Å². The van der Waals surface area contributed by atoms with Crippen LogP contribution in [0.15, 0.2) is 48.5 Å². The summed E-state index contributed by atoms with van der Waals surface area (Å²) in [7, 11) is -3.58. The summed E-state index contributed by atoms with van der Waals surface area (Å²) in [6.45, 7) is 0.436. The van der Waals surface area contributed by atoms with E-state index in [1.807, 2.05) is 24.3 Å². The number of carbonyl (C=O) groups excluding carboxylic acids is 1. The number of aryl methyl sites for hydroxylation is 1. The average Bonchev–Trinajstić information content (AvgIpc) is 2.66. The third kappa shape index (κ3) is 4.03. The minimum Gasteiger partial charge on any atom is -0.326 e. The highest BCUT2D eigenvalue weighted by Gasteiger charge is 2.27. The van der Waals surface area contributed by atoms with Gasteiger partial charge in [-0.05, 0) is 42.7 Å². The molecule has 1 amide bonds. The number of hydrogen-bond donors (Lipinski definition) is 1. The minimum absolute atomic E-state index is 0.141. The molecule has 0 aliphatic carbocycles. The molecular weight excluding hydrogens is 350 g/mol. The first kappa shape index (κ1) is 18.0. The Labute approximate surface area is 153 Å². The van der Waals surface area contributed by atoms with Crippen molar-refractivity contribution in [3.05, 3.63) is 59.7 Å². The largest absolute Gasteiger partial charge is 0.326 e. The van der Waals surface area contributed by atoms with E-state index in [1.54, 1.807) is 30.3 Å². The maximum Gasteiger partial charge on any atom is 0.235 e. The van der Waals surface area contributed by atoms with E-state index in [2.05, 4.69) is 5.32 Å². The summed E-state index contributed by atoms with van der Waals surface area (Å²) in [5.74, 6) is -0.653. The van der Waals surface area contributed by atoms with Gasteiger partial charge in [0.15, 0.2) is 0 Å². The SMILES string of the molecule is N#Cc1cccc(NC(=O)CCS(=O)(=O)N2CCCc3ccccc32)c1. The van der Waals surface area contributed by atoms with E-state index in [0.717, 1.165) is 18.4 Å². The van der Waals surface area contributed by atoms with E-state index < -0.39 is 15.9 Å². The first-order chi connectivity index (χ1) is 12.5. The number of benzene rings is 2. The molecule has 0 unspecified atom stereocenters. The summed E-state index contributed by atoms with van der Waals surface area (Å²) in [6, 6.07) is 16.0. The third-order valence-electron chi connectivity index (χ3n) is 4.27. The molecule has 0 saturated heterocycles. The van der Waals surface area contributed by atoms with Crippen molar-refractivity contribution in [2.75, 3.05) is 21.9 Å². The Morgan fingerprint density at radius 1 is 1.19 bits per heavy atom. The Morgan fingerprint density at radius 2 is 2.00 bits per heavy atom. The third-order valence-corrected chi connectivity index (χ3v) is 6.04. The molecule has 1 N–H and O–H groups in total. The normalized spacial score (nSPS) is 13.6. The Kier molecular flexibility index (Phi) is 5.24. The molecule has 0 fully saturated rings. The molecule has 0 spiro atoms. The van der Waals surface area contributed by atoms with Crippen LogP contribution in [-0.2, 0) is 21.2 Å². The number of fused-ring (bicyclic) bond motifs is 1. The molecule has 0 radical (unpaired) electrons.